The van der Waals surface area contributed by atoms with Crippen LogP contribution in [0.5, 0.6) is 5.75 Å². The van der Waals surface area contributed by atoms with Crippen LogP contribution in [0.2, 0.25) is 0 Å². The van der Waals surface area contributed by atoms with E-state index in [0.29, 0.717) is 0 Å². The van der Waals surface area contributed by atoms with Crippen molar-refractivity contribution in [1.82, 2.24) is 5.32 Å². The molecule has 1 aliphatic heterocycles. The van der Waals surface area contributed by atoms with Gasteiger partial charge in [0, 0.05) is 19.1 Å². The number of hydrogen-bond donors (Lipinski definition) is 2. The Morgan fingerprint density at radius 1 is 1.47 bits per heavy atom. The van der Waals surface area contributed by atoms with Crippen molar-refractivity contribution in [3.05, 3.63) is 24.3 Å². The van der Waals surface area contributed by atoms with Gasteiger partial charge >= 0.3 is 0 Å². The van der Waals surface area contributed by atoms with Crippen LogP contribution in [0.1, 0.15) is 6.42 Å². The topological polar surface area (TPSA) is 44.7 Å². The Morgan fingerprint density at radius 2 is 2.29 bits per heavy atom. The normalized spacial score (nSPS) is 16.9. The van der Waals surface area contributed by atoms with E-state index in [2.05, 4.69) is 16.3 Å². The number of fused-ring (bicyclic) bond motifs is 1. The van der Waals surface area contributed by atoms with Gasteiger partial charge in [-0.2, -0.15) is 0 Å². The van der Waals surface area contributed by atoms with E-state index in [0.717, 1.165) is 37.6 Å². The standard InChI is InChI=1S/C13H20N2O2/c1-14-11(10-16)9-15-7-4-8-17-13-6-3-2-5-12(13)15/h2-3,5-6,11,14,16H,4,7-10H2,1H3. The Bertz CT molecular complexity index is 353. The zero-order valence-corrected chi connectivity index (χ0v) is 10.2. The Morgan fingerprint density at radius 3 is 3.06 bits per heavy atom. The molecule has 0 saturated carbocycles. The van der Waals surface area contributed by atoms with Gasteiger partial charge in [-0.3, -0.25) is 0 Å². The molecular formula is C13H20N2O2. The first-order valence-electron chi connectivity index (χ1n) is 6.10. The Balaban J connectivity index is 2.16. The third-order valence-electron chi connectivity index (χ3n) is 3.11. The van der Waals surface area contributed by atoms with E-state index >= 15 is 0 Å². The smallest absolute Gasteiger partial charge is 0.142 e. The second kappa shape index (κ2) is 5.89. The van der Waals surface area contributed by atoms with E-state index in [4.69, 9.17) is 4.74 Å². The third kappa shape index (κ3) is 2.90. The van der Waals surface area contributed by atoms with E-state index in [1.807, 2.05) is 25.2 Å². The molecule has 94 valence electrons. The molecule has 1 unspecified atom stereocenters. The van der Waals surface area contributed by atoms with Gasteiger partial charge in [-0.05, 0) is 25.6 Å². The monoisotopic (exact) mass is 236 g/mol. The molecule has 0 spiro atoms. The highest BCUT2D eigenvalue weighted by Crippen LogP contribution is 2.30. The van der Waals surface area contributed by atoms with Crippen molar-refractivity contribution in [3.63, 3.8) is 0 Å². The molecule has 1 atom stereocenters. The molecular weight excluding hydrogens is 216 g/mol. The maximum absolute atomic E-state index is 9.25. The number of para-hydroxylation sites is 2. The number of nitrogens with one attached hydrogen (secondary N) is 1. The van der Waals surface area contributed by atoms with Crippen molar-refractivity contribution in [2.24, 2.45) is 0 Å². The van der Waals surface area contributed by atoms with Crippen LogP contribution in [0.4, 0.5) is 5.69 Å². The zero-order valence-electron chi connectivity index (χ0n) is 10.2. The minimum Gasteiger partial charge on any atom is -0.491 e. The number of aliphatic hydroxyl groups excluding tert-OH is 1. The predicted molar refractivity (Wildman–Crippen MR) is 68.7 cm³/mol. The van der Waals surface area contributed by atoms with Gasteiger partial charge in [0.2, 0.25) is 0 Å². The van der Waals surface area contributed by atoms with Crippen LogP contribution in [0.3, 0.4) is 0 Å². The summed E-state index contributed by atoms with van der Waals surface area (Å²) in [7, 11) is 1.88. The summed E-state index contributed by atoms with van der Waals surface area (Å²) in [5.74, 6) is 0.942. The lowest BCUT2D eigenvalue weighted by molar-refractivity contribution is 0.250. The molecule has 0 amide bonds. The van der Waals surface area contributed by atoms with E-state index in [1.54, 1.807) is 0 Å². The molecule has 1 aliphatic rings. The molecule has 0 aliphatic carbocycles. The first-order valence-corrected chi connectivity index (χ1v) is 6.10. The van der Waals surface area contributed by atoms with E-state index in [1.165, 1.54) is 0 Å². The van der Waals surface area contributed by atoms with Gasteiger partial charge in [-0.25, -0.2) is 0 Å². The number of anilines is 1. The molecule has 1 aromatic carbocycles. The molecule has 4 heteroatoms. The Kier molecular flexibility index (Phi) is 4.23. The fraction of sp³-hybridized carbons (Fsp3) is 0.538. The minimum absolute atomic E-state index is 0.0983. The Labute approximate surface area is 102 Å². The number of hydrogen-bond acceptors (Lipinski definition) is 4. The van der Waals surface area contributed by atoms with E-state index in [9.17, 15) is 5.11 Å². The van der Waals surface area contributed by atoms with Gasteiger partial charge in [-0.1, -0.05) is 12.1 Å². The fourth-order valence-electron chi connectivity index (χ4n) is 2.09. The lowest BCUT2D eigenvalue weighted by Gasteiger charge is -2.27. The number of rotatable bonds is 4. The highest BCUT2D eigenvalue weighted by molar-refractivity contribution is 5.59. The quantitative estimate of drug-likeness (QED) is 0.813. The summed E-state index contributed by atoms with van der Waals surface area (Å²) in [5.41, 5.74) is 1.12. The number of aliphatic hydroxyl groups is 1. The van der Waals surface area contributed by atoms with Gasteiger partial charge in [0.15, 0.2) is 0 Å². The van der Waals surface area contributed by atoms with Crippen molar-refractivity contribution < 1.29 is 9.84 Å². The molecule has 0 saturated heterocycles. The Hall–Kier alpha value is -1.26. The van der Waals surface area contributed by atoms with Gasteiger partial charge in [0.05, 0.1) is 18.9 Å². The van der Waals surface area contributed by atoms with E-state index < -0.39 is 0 Å². The second-order valence-corrected chi connectivity index (χ2v) is 4.28. The summed E-state index contributed by atoms with van der Waals surface area (Å²) in [4.78, 5) is 2.28. The summed E-state index contributed by atoms with van der Waals surface area (Å²) in [6, 6.07) is 8.19. The van der Waals surface area contributed by atoms with Crippen molar-refractivity contribution >= 4 is 5.69 Å². The summed E-state index contributed by atoms with van der Waals surface area (Å²) >= 11 is 0. The van der Waals surface area contributed by atoms with Gasteiger partial charge in [0.1, 0.15) is 5.75 Å². The highest BCUT2D eigenvalue weighted by atomic mass is 16.5. The number of nitrogens with zero attached hydrogens (tertiary/aromatic N) is 1. The van der Waals surface area contributed by atoms with Gasteiger partial charge < -0.3 is 20.1 Å². The summed E-state index contributed by atoms with van der Waals surface area (Å²) in [5, 5.41) is 12.4. The molecule has 0 radical (unpaired) electrons. The largest absolute Gasteiger partial charge is 0.491 e. The molecule has 2 rings (SSSR count). The van der Waals surface area contributed by atoms with Crippen LogP contribution in [0.25, 0.3) is 0 Å². The number of benzene rings is 1. The van der Waals surface area contributed by atoms with Crippen LogP contribution >= 0.6 is 0 Å². The van der Waals surface area contributed by atoms with Gasteiger partial charge in [0.25, 0.3) is 0 Å². The molecule has 1 aromatic rings. The maximum Gasteiger partial charge on any atom is 0.142 e. The second-order valence-electron chi connectivity index (χ2n) is 4.28. The number of ether oxygens (including phenoxy) is 1. The number of likely N-dealkylation sites (N-methyl/N-ethyl adjacent to an activating group) is 1. The van der Waals surface area contributed by atoms with Crippen molar-refractivity contribution in [2.45, 2.75) is 12.5 Å². The van der Waals surface area contributed by atoms with Crippen LogP contribution < -0.4 is 15.0 Å². The molecule has 1 heterocycles. The van der Waals surface area contributed by atoms with Crippen LogP contribution in [-0.4, -0.2) is 44.5 Å². The average molecular weight is 236 g/mol. The van der Waals surface area contributed by atoms with Crippen LogP contribution in [0, 0.1) is 0 Å². The molecule has 0 fully saturated rings. The highest BCUT2D eigenvalue weighted by Gasteiger charge is 2.18. The van der Waals surface area contributed by atoms with Crippen molar-refractivity contribution in [3.8, 4) is 5.75 Å². The first-order chi connectivity index (χ1) is 8.35. The SMILES string of the molecule is CNC(CO)CN1CCCOc2ccccc21. The van der Waals surface area contributed by atoms with Crippen molar-refractivity contribution in [2.75, 3.05) is 38.3 Å². The lowest BCUT2D eigenvalue weighted by atomic mass is 10.2. The van der Waals surface area contributed by atoms with Crippen LogP contribution in [-0.2, 0) is 0 Å². The average Bonchev–Trinajstić information content (AvgIpc) is 2.58. The summed E-state index contributed by atoms with van der Waals surface area (Å²) in [6.45, 7) is 2.68. The predicted octanol–water partition coefficient (Wildman–Crippen LogP) is 0.856. The molecule has 4 nitrogen and oxygen atoms in total. The maximum atomic E-state index is 9.25. The summed E-state index contributed by atoms with van der Waals surface area (Å²) in [6.07, 6.45) is 1.01. The molecule has 0 bridgehead atoms. The molecule has 2 N–H and O–H groups in total. The van der Waals surface area contributed by atoms with Gasteiger partial charge in [-0.15, -0.1) is 0 Å². The zero-order chi connectivity index (χ0) is 12.1. The van der Waals surface area contributed by atoms with Crippen LogP contribution in [0.15, 0.2) is 24.3 Å². The summed E-state index contributed by atoms with van der Waals surface area (Å²) < 4.78 is 5.70. The lowest BCUT2D eigenvalue weighted by Crippen LogP contribution is -2.42. The third-order valence-corrected chi connectivity index (χ3v) is 3.11. The van der Waals surface area contributed by atoms with Crippen molar-refractivity contribution in [1.29, 1.82) is 0 Å². The fourth-order valence-corrected chi connectivity index (χ4v) is 2.09. The first kappa shape index (κ1) is 12.2. The minimum atomic E-state index is 0.0983. The molecule has 17 heavy (non-hydrogen) atoms. The molecule has 0 aromatic heterocycles. The van der Waals surface area contributed by atoms with E-state index in [-0.39, 0.29) is 12.6 Å².